The minimum Gasteiger partial charge on any atom is -0.385 e. The summed E-state index contributed by atoms with van der Waals surface area (Å²) in [6.07, 6.45) is 1.70. The zero-order valence-electron chi connectivity index (χ0n) is 7.95. The lowest BCUT2D eigenvalue weighted by Gasteiger charge is -2.09. The Kier molecular flexibility index (Phi) is 4.15. The maximum Gasteiger partial charge on any atom is 0.151 e. The van der Waals surface area contributed by atoms with Crippen molar-refractivity contribution < 1.29 is 13.2 Å². The summed E-state index contributed by atoms with van der Waals surface area (Å²) in [6.45, 7) is 1.57. The molecular formula is C8H17NO3S. The number of methoxy groups -OCH3 is 1. The third-order valence-electron chi connectivity index (χ3n) is 2.19. The summed E-state index contributed by atoms with van der Waals surface area (Å²) in [4.78, 5) is 0. The molecule has 1 N–H and O–H groups in total. The Hall–Kier alpha value is -0.130. The number of hydrogen-bond acceptors (Lipinski definition) is 4. The zero-order valence-corrected chi connectivity index (χ0v) is 8.77. The van der Waals surface area contributed by atoms with Crippen LogP contribution in [0.15, 0.2) is 0 Å². The van der Waals surface area contributed by atoms with E-state index >= 15 is 0 Å². The van der Waals surface area contributed by atoms with E-state index in [1.165, 1.54) is 0 Å². The Morgan fingerprint density at radius 1 is 1.54 bits per heavy atom. The van der Waals surface area contributed by atoms with Crippen molar-refractivity contribution in [2.24, 2.45) is 0 Å². The second-order valence-corrected chi connectivity index (χ2v) is 5.63. The first kappa shape index (κ1) is 10.9. The van der Waals surface area contributed by atoms with E-state index in [4.69, 9.17) is 4.74 Å². The summed E-state index contributed by atoms with van der Waals surface area (Å²) in [5.74, 6) is 0.648. The maximum absolute atomic E-state index is 11.1. The van der Waals surface area contributed by atoms with Gasteiger partial charge in [0.15, 0.2) is 9.84 Å². The molecule has 1 fully saturated rings. The van der Waals surface area contributed by atoms with Crippen molar-refractivity contribution in [1.82, 2.24) is 5.32 Å². The number of nitrogens with one attached hydrogen (secondary N) is 1. The summed E-state index contributed by atoms with van der Waals surface area (Å²) in [5, 5.41) is 3.21. The van der Waals surface area contributed by atoms with Gasteiger partial charge in [0.2, 0.25) is 0 Å². The van der Waals surface area contributed by atoms with Crippen molar-refractivity contribution in [2.75, 3.05) is 31.8 Å². The van der Waals surface area contributed by atoms with Gasteiger partial charge < -0.3 is 10.1 Å². The zero-order chi connectivity index (χ0) is 9.73. The largest absolute Gasteiger partial charge is 0.385 e. The van der Waals surface area contributed by atoms with E-state index in [2.05, 4.69) is 5.32 Å². The third-order valence-corrected chi connectivity index (χ3v) is 3.96. The van der Waals surface area contributed by atoms with Crippen LogP contribution in [0.4, 0.5) is 0 Å². The quantitative estimate of drug-likeness (QED) is 0.634. The van der Waals surface area contributed by atoms with E-state index in [-0.39, 0.29) is 6.04 Å². The van der Waals surface area contributed by atoms with Gasteiger partial charge in [-0.05, 0) is 19.4 Å². The van der Waals surface area contributed by atoms with Crippen molar-refractivity contribution in [2.45, 2.75) is 18.9 Å². The predicted molar refractivity (Wildman–Crippen MR) is 51.6 cm³/mol. The molecule has 0 saturated carbocycles. The Labute approximate surface area is 79.6 Å². The molecule has 1 aliphatic rings. The summed E-state index contributed by atoms with van der Waals surface area (Å²) < 4.78 is 27.0. The fraction of sp³-hybridized carbons (Fsp3) is 1.00. The van der Waals surface area contributed by atoms with Crippen LogP contribution in [0.3, 0.4) is 0 Å². The molecule has 78 valence electrons. The summed E-state index contributed by atoms with van der Waals surface area (Å²) in [7, 11) is -1.07. The standard InChI is InChI=1S/C8H17NO3S/c1-12-5-2-4-9-8-3-6-13(10,11)7-8/h8-9H,2-7H2,1H3/t8-/m1/s1. The Balaban J connectivity index is 2.11. The van der Waals surface area contributed by atoms with Crippen molar-refractivity contribution in [3.05, 3.63) is 0 Å². The van der Waals surface area contributed by atoms with Crippen molar-refractivity contribution in [1.29, 1.82) is 0 Å². The minimum atomic E-state index is -2.73. The molecule has 1 heterocycles. The first-order valence-electron chi connectivity index (χ1n) is 4.57. The monoisotopic (exact) mass is 207 g/mol. The van der Waals surface area contributed by atoms with E-state index < -0.39 is 9.84 Å². The SMILES string of the molecule is COCCCN[C@@H]1CCS(=O)(=O)C1. The molecule has 0 unspecified atom stereocenters. The van der Waals surface area contributed by atoms with Gasteiger partial charge in [-0.25, -0.2) is 8.42 Å². The van der Waals surface area contributed by atoms with Crippen molar-refractivity contribution in [3.63, 3.8) is 0 Å². The van der Waals surface area contributed by atoms with Gasteiger partial charge in [-0.15, -0.1) is 0 Å². The second kappa shape index (κ2) is 4.93. The molecule has 4 nitrogen and oxygen atoms in total. The van der Waals surface area contributed by atoms with E-state index in [1.54, 1.807) is 7.11 Å². The Bertz CT molecular complexity index is 238. The van der Waals surface area contributed by atoms with Crippen LogP contribution in [0, 0.1) is 0 Å². The highest BCUT2D eigenvalue weighted by Crippen LogP contribution is 2.10. The van der Waals surface area contributed by atoms with Crippen LogP contribution < -0.4 is 5.32 Å². The van der Waals surface area contributed by atoms with Gasteiger partial charge in [0.05, 0.1) is 11.5 Å². The molecule has 5 heteroatoms. The van der Waals surface area contributed by atoms with Crippen LogP contribution >= 0.6 is 0 Å². The molecule has 13 heavy (non-hydrogen) atoms. The number of sulfone groups is 1. The van der Waals surface area contributed by atoms with Gasteiger partial charge >= 0.3 is 0 Å². The molecule has 0 aromatic rings. The molecule has 1 atom stereocenters. The summed E-state index contributed by atoms with van der Waals surface area (Å²) in [6, 6.07) is 0.168. The molecular weight excluding hydrogens is 190 g/mol. The van der Waals surface area contributed by atoms with Gasteiger partial charge in [-0.2, -0.15) is 0 Å². The number of rotatable bonds is 5. The molecule has 0 amide bonds. The molecule has 0 aromatic carbocycles. The van der Waals surface area contributed by atoms with Crippen LogP contribution in [0.1, 0.15) is 12.8 Å². The Morgan fingerprint density at radius 2 is 2.31 bits per heavy atom. The van der Waals surface area contributed by atoms with Crippen molar-refractivity contribution >= 4 is 9.84 Å². The molecule has 1 aliphatic heterocycles. The molecule has 0 aromatic heterocycles. The number of ether oxygens (including phenoxy) is 1. The van der Waals surface area contributed by atoms with Gasteiger partial charge in [-0.1, -0.05) is 0 Å². The van der Waals surface area contributed by atoms with Gasteiger partial charge in [-0.3, -0.25) is 0 Å². The highest BCUT2D eigenvalue weighted by Gasteiger charge is 2.26. The minimum absolute atomic E-state index is 0.168. The van der Waals surface area contributed by atoms with E-state index in [1.807, 2.05) is 0 Å². The molecule has 1 rings (SSSR count). The van der Waals surface area contributed by atoms with Crippen LogP contribution in [-0.2, 0) is 14.6 Å². The van der Waals surface area contributed by atoms with Crippen LogP contribution in [-0.4, -0.2) is 46.2 Å². The number of hydrogen-bond donors (Lipinski definition) is 1. The summed E-state index contributed by atoms with van der Waals surface area (Å²) >= 11 is 0. The van der Waals surface area contributed by atoms with Crippen molar-refractivity contribution in [3.8, 4) is 0 Å². The van der Waals surface area contributed by atoms with Gasteiger partial charge in [0.25, 0.3) is 0 Å². The van der Waals surface area contributed by atoms with E-state index in [0.29, 0.717) is 11.5 Å². The molecule has 0 bridgehead atoms. The third kappa shape index (κ3) is 4.06. The maximum atomic E-state index is 11.1. The second-order valence-electron chi connectivity index (χ2n) is 3.40. The lowest BCUT2D eigenvalue weighted by molar-refractivity contribution is 0.193. The Morgan fingerprint density at radius 3 is 2.85 bits per heavy atom. The van der Waals surface area contributed by atoms with E-state index in [0.717, 1.165) is 26.0 Å². The van der Waals surface area contributed by atoms with Gasteiger partial charge in [0.1, 0.15) is 0 Å². The fourth-order valence-corrected chi connectivity index (χ4v) is 3.19. The molecule has 0 aliphatic carbocycles. The normalized spacial score (nSPS) is 26.4. The molecule has 0 radical (unpaired) electrons. The lowest BCUT2D eigenvalue weighted by Crippen LogP contribution is -2.31. The predicted octanol–water partition coefficient (Wildman–Crippen LogP) is -0.200. The summed E-state index contributed by atoms with van der Waals surface area (Å²) in [5.41, 5.74) is 0. The smallest absolute Gasteiger partial charge is 0.151 e. The molecule has 1 saturated heterocycles. The van der Waals surface area contributed by atoms with Gasteiger partial charge in [0, 0.05) is 19.8 Å². The average molecular weight is 207 g/mol. The highest BCUT2D eigenvalue weighted by atomic mass is 32.2. The van der Waals surface area contributed by atoms with Crippen LogP contribution in [0.2, 0.25) is 0 Å². The first-order chi connectivity index (χ1) is 6.14. The lowest BCUT2D eigenvalue weighted by atomic mass is 10.2. The fourth-order valence-electron chi connectivity index (χ4n) is 1.48. The van der Waals surface area contributed by atoms with E-state index in [9.17, 15) is 8.42 Å². The first-order valence-corrected chi connectivity index (χ1v) is 6.39. The van der Waals surface area contributed by atoms with Crippen LogP contribution in [0.5, 0.6) is 0 Å². The topological polar surface area (TPSA) is 55.4 Å². The average Bonchev–Trinajstić information content (AvgIpc) is 2.40. The van der Waals surface area contributed by atoms with Crippen LogP contribution in [0.25, 0.3) is 0 Å². The highest BCUT2D eigenvalue weighted by molar-refractivity contribution is 7.91. The molecule has 0 spiro atoms.